The molecule has 3 N–H and O–H groups in total. The number of aromatic amines is 1. The third kappa shape index (κ3) is 4.25. The van der Waals surface area contributed by atoms with Crippen LogP contribution in [0.4, 0.5) is 0 Å². The van der Waals surface area contributed by atoms with Crippen molar-refractivity contribution in [2.45, 2.75) is 17.4 Å². The standard InChI is InChI=1S/C14H16N2O4S/c17-10-12(8-11-4-2-1-3-5-11)16-21(19,20)13-6-7-14(18)15-9-13/h1-7,9,12,16-17H,8,10H2,(H,15,18)/t12-/m0/s1. The summed E-state index contributed by atoms with van der Waals surface area (Å²) in [6.07, 6.45) is 1.50. The molecule has 112 valence electrons. The molecule has 0 spiro atoms. The molecule has 0 aliphatic carbocycles. The van der Waals surface area contributed by atoms with Crippen LogP contribution in [0.5, 0.6) is 0 Å². The summed E-state index contributed by atoms with van der Waals surface area (Å²) in [6, 6.07) is 11.0. The molecule has 0 fully saturated rings. The highest BCUT2D eigenvalue weighted by molar-refractivity contribution is 7.89. The molecule has 1 aromatic heterocycles. The Balaban J connectivity index is 2.13. The Labute approximate surface area is 122 Å². The number of aliphatic hydroxyl groups is 1. The predicted octanol–water partition coefficient (Wildman–Crippen LogP) is 0.257. The van der Waals surface area contributed by atoms with Crippen LogP contribution in [0.1, 0.15) is 5.56 Å². The van der Waals surface area contributed by atoms with Gasteiger partial charge in [-0.15, -0.1) is 0 Å². The lowest BCUT2D eigenvalue weighted by molar-refractivity contribution is 0.256. The van der Waals surface area contributed by atoms with E-state index >= 15 is 0 Å². The minimum absolute atomic E-state index is 0.0476. The molecule has 1 atom stereocenters. The van der Waals surface area contributed by atoms with Crippen molar-refractivity contribution in [1.82, 2.24) is 9.71 Å². The van der Waals surface area contributed by atoms with Crippen LogP contribution < -0.4 is 10.3 Å². The molecule has 1 heterocycles. The number of H-pyrrole nitrogens is 1. The van der Waals surface area contributed by atoms with Gasteiger partial charge >= 0.3 is 0 Å². The molecule has 1 aromatic carbocycles. The molecule has 0 amide bonds. The van der Waals surface area contributed by atoms with E-state index in [1.165, 1.54) is 6.07 Å². The first-order valence-electron chi connectivity index (χ1n) is 6.37. The van der Waals surface area contributed by atoms with Crippen LogP contribution in [0.3, 0.4) is 0 Å². The third-order valence-electron chi connectivity index (χ3n) is 2.93. The molecular formula is C14H16N2O4S. The number of rotatable bonds is 6. The van der Waals surface area contributed by atoms with E-state index in [4.69, 9.17) is 0 Å². The molecule has 7 heteroatoms. The fourth-order valence-corrected chi connectivity index (χ4v) is 3.09. The fraction of sp³-hybridized carbons (Fsp3) is 0.214. The second kappa shape index (κ2) is 6.66. The molecule has 2 rings (SSSR count). The van der Waals surface area contributed by atoms with Crippen molar-refractivity contribution in [1.29, 1.82) is 0 Å². The minimum atomic E-state index is -3.79. The molecule has 0 unspecified atom stereocenters. The van der Waals surface area contributed by atoms with Crippen molar-refractivity contribution >= 4 is 10.0 Å². The van der Waals surface area contributed by atoms with E-state index in [9.17, 15) is 18.3 Å². The number of sulfonamides is 1. The maximum Gasteiger partial charge on any atom is 0.247 e. The summed E-state index contributed by atoms with van der Waals surface area (Å²) in [5, 5.41) is 9.36. The van der Waals surface area contributed by atoms with Gasteiger partial charge in [0.1, 0.15) is 0 Å². The minimum Gasteiger partial charge on any atom is -0.395 e. The molecule has 0 aliphatic heterocycles. The molecule has 0 radical (unpaired) electrons. The van der Waals surface area contributed by atoms with Crippen LogP contribution >= 0.6 is 0 Å². The highest BCUT2D eigenvalue weighted by Crippen LogP contribution is 2.08. The second-order valence-electron chi connectivity index (χ2n) is 4.58. The van der Waals surface area contributed by atoms with Gasteiger partial charge in [-0.25, -0.2) is 13.1 Å². The number of hydrogen-bond acceptors (Lipinski definition) is 4. The van der Waals surface area contributed by atoms with Crippen molar-refractivity contribution in [3.8, 4) is 0 Å². The van der Waals surface area contributed by atoms with E-state index in [1.807, 2.05) is 30.3 Å². The van der Waals surface area contributed by atoms with Crippen molar-refractivity contribution in [2.24, 2.45) is 0 Å². The second-order valence-corrected chi connectivity index (χ2v) is 6.29. The van der Waals surface area contributed by atoms with Gasteiger partial charge < -0.3 is 10.1 Å². The van der Waals surface area contributed by atoms with Gasteiger partial charge in [-0.05, 0) is 18.1 Å². The molecule has 21 heavy (non-hydrogen) atoms. The third-order valence-corrected chi connectivity index (χ3v) is 4.45. The lowest BCUT2D eigenvalue weighted by Crippen LogP contribution is -2.39. The average Bonchev–Trinajstić information content (AvgIpc) is 2.48. The van der Waals surface area contributed by atoms with Crippen molar-refractivity contribution < 1.29 is 13.5 Å². The van der Waals surface area contributed by atoms with Gasteiger partial charge in [-0.3, -0.25) is 4.79 Å². The van der Waals surface area contributed by atoms with Gasteiger partial charge in [-0.2, -0.15) is 0 Å². The Morgan fingerprint density at radius 1 is 1.14 bits per heavy atom. The number of pyridine rings is 1. The molecule has 0 aliphatic rings. The SMILES string of the molecule is O=c1ccc(S(=O)(=O)N[C@H](CO)Cc2ccccc2)c[nH]1. The van der Waals surface area contributed by atoms with Crippen LogP contribution in [0, 0.1) is 0 Å². The van der Waals surface area contributed by atoms with E-state index in [1.54, 1.807) is 0 Å². The summed E-state index contributed by atoms with van der Waals surface area (Å²) in [6.45, 7) is -0.322. The number of nitrogens with one attached hydrogen (secondary N) is 2. The zero-order valence-corrected chi connectivity index (χ0v) is 12.0. The lowest BCUT2D eigenvalue weighted by atomic mass is 10.1. The summed E-state index contributed by atoms with van der Waals surface area (Å²) >= 11 is 0. The predicted molar refractivity (Wildman–Crippen MR) is 78.4 cm³/mol. The van der Waals surface area contributed by atoms with Crippen LogP contribution in [0.25, 0.3) is 0 Å². The highest BCUT2D eigenvalue weighted by Gasteiger charge is 2.20. The maximum atomic E-state index is 12.2. The average molecular weight is 308 g/mol. The van der Waals surface area contributed by atoms with E-state index in [-0.39, 0.29) is 17.1 Å². The van der Waals surface area contributed by atoms with Crippen LogP contribution in [-0.4, -0.2) is 31.2 Å². The topological polar surface area (TPSA) is 99.3 Å². The van der Waals surface area contributed by atoms with E-state index in [2.05, 4.69) is 9.71 Å². The Morgan fingerprint density at radius 2 is 1.86 bits per heavy atom. The highest BCUT2D eigenvalue weighted by atomic mass is 32.2. The van der Waals surface area contributed by atoms with Gasteiger partial charge in [0.25, 0.3) is 0 Å². The Hall–Kier alpha value is -1.96. The first-order chi connectivity index (χ1) is 10.0. The first kappa shape index (κ1) is 15.4. The Bertz CT molecular complexity index is 721. The van der Waals surface area contributed by atoms with E-state index < -0.39 is 16.1 Å². The molecule has 6 nitrogen and oxygen atoms in total. The number of benzene rings is 1. The number of aliphatic hydroxyl groups excluding tert-OH is 1. The molecule has 2 aromatic rings. The van der Waals surface area contributed by atoms with Crippen LogP contribution in [-0.2, 0) is 16.4 Å². The zero-order chi connectivity index (χ0) is 15.3. The normalized spacial score (nSPS) is 13.0. The van der Waals surface area contributed by atoms with Crippen molar-refractivity contribution in [3.05, 3.63) is 64.6 Å². The van der Waals surface area contributed by atoms with Gasteiger partial charge in [0, 0.05) is 18.3 Å². The zero-order valence-electron chi connectivity index (χ0n) is 11.2. The van der Waals surface area contributed by atoms with Crippen LogP contribution in [0.15, 0.2) is 58.4 Å². The largest absolute Gasteiger partial charge is 0.395 e. The fourth-order valence-electron chi connectivity index (χ4n) is 1.89. The van der Waals surface area contributed by atoms with Gasteiger partial charge in [0.15, 0.2) is 0 Å². The van der Waals surface area contributed by atoms with Gasteiger partial charge in [0.05, 0.1) is 11.5 Å². The van der Waals surface area contributed by atoms with Crippen molar-refractivity contribution in [2.75, 3.05) is 6.61 Å². The smallest absolute Gasteiger partial charge is 0.247 e. The quantitative estimate of drug-likeness (QED) is 0.712. The molecule has 0 bridgehead atoms. The van der Waals surface area contributed by atoms with Crippen molar-refractivity contribution in [3.63, 3.8) is 0 Å². The lowest BCUT2D eigenvalue weighted by Gasteiger charge is -2.16. The maximum absolute atomic E-state index is 12.2. The van der Waals surface area contributed by atoms with E-state index in [0.717, 1.165) is 17.8 Å². The van der Waals surface area contributed by atoms with E-state index in [0.29, 0.717) is 6.42 Å². The van der Waals surface area contributed by atoms with Crippen LogP contribution in [0.2, 0.25) is 0 Å². The number of hydrogen-bond donors (Lipinski definition) is 3. The summed E-state index contributed by atoms with van der Waals surface area (Å²) in [5.41, 5.74) is 0.540. The van der Waals surface area contributed by atoms with Gasteiger partial charge in [-0.1, -0.05) is 30.3 Å². The molecule has 0 saturated carbocycles. The Kier molecular flexibility index (Phi) is 4.89. The summed E-state index contributed by atoms with van der Waals surface area (Å²) in [4.78, 5) is 13.2. The summed E-state index contributed by atoms with van der Waals surface area (Å²) < 4.78 is 26.7. The summed E-state index contributed by atoms with van der Waals surface area (Å²) in [5.74, 6) is 0. The monoisotopic (exact) mass is 308 g/mol. The summed E-state index contributed by atoms with van der Waals surface area (Å²) in [7, 11) is -3.79. The molecule has 0 saturated heterocycles. The number of aromatic nitrogens is 1. The first-order valence-corrected chi connectivity index (χ1v) is 7.85. The Morgan fingerprint density at radius 3 is 2.43 bits per heavy atom. The van der Waals surface area contributed by atoms with Gasteiger partial charge in [0.2, 0.25) is 15.6 Å². The molecular weight excluding hydrogens is 292 g/mol.